The number of aromatic nitrogens is 1. The highest BCUT2D eigenvalue weighted by Crippen LogP contribution is 2.24. The molecule has 9 heteroatoms. The predicted octanol–water partition coefficient (Wildman–Crippen LogP) is 7.40. The van der Waals surface area contributed by atoms with Gasteiger partial charge < -0.3 is 18.5 Å². The largest absolute Gasteiger partial charge is 0.488 e. The summed E-state index contributed by atoms with van der Waals surface area (Å²) in [5.41, 5.74) is 6.71. The molecule has 0 saturated carbocycles. The zero-order valence-electron chi connectivity index (χ0n) is 22.4. The summed E-state index contributed by atoms with van der Waals surface area (Å²) in [5.74, 6) is 0.779. The summed E-state index contributed by atoms with van der Waals surface area (Å²) in [7, 11) is 0. The van der Waals surface area contributed by atoms with E-state index in [-0.39, 0.29) is 24.8 Å². The standard InChI is InChI=1S/C32H27ClFN3O4/c1-21-7-8-22(2)37(21)26-10-12-27(13-11-26)39-20-28-14-16-31(41-28)32(38)36-35-18-24-17-25(33)9-15-30(24)40-19-23-5-3-4-6-29(23)34/h3-18H,19-20H2,1-2H3,(H,36,38)/b35-18+. The van der Waals surface area contributed by atoms with E-state index in [9.17, 15) is 9.18 Å². The lowest BCUT2D eigenvalue weighted by Gasteiger charge is -2.10. The van der Waals surface area contributed by atoms with Gasteiger partial charge in [-0.05, 0) is 86.6 Å². The third-order valence-electron chi connectivity index (χ3n) is 6.32. The Morgan fingerprint density at radius 3 is 2.46 bits per heavy atom. The molecular formula is C32H27ClFN3O4. The van der Waals surface area contributed by atoms with Crippen LogP contribution in [-0.2, 0) is 13.2 Å². The average Bonchev–Trinajstić information content (AvgIpc) is 3.58. The topological polar surface area (TPSA) is 78.0 Å². The second-order valence-corrected chi connectivity index (χ2v) is 9.70. The number of hydrazone groups is 1. The van der Waals surface area contributed by atoms with Crippen LogP contribution in [0.25, 0.3) is 5.69 Å². The van der Waals surface area contributed by atoms with Gasteiger partial charge in [-0.3, -0.25) is 4.79 Å². The lowest BCUT2D eigenvalue weighted by molar-refractivity contribution is 0.0923. The van der Waals surface area contributed by atoms with Crippen LogP contribution in [0.1, 0.15) is 38.8 Å². The average molecular weight is 572 g/mol. The fourth-order valence-electron chi connectivity index (χ4n) is 4.24. The van der Waals surface area contributed by atoms with Crippen molar-refractivity contribution >= 4 is 23.7 Å². The molecule has 0 aliphatic rings. The van der Waals surface area contributed by atoms with Crippen LogP contribution in [0.2, 0.25) is 5.02 Å². The van der Waals surface area contributed by atoms with Gasteiger partial charge in [-0.15, -0.1) is 0 Å². The normalized spacial score (nSPS) is 11.1. The van der Waals surface area contributed by atoms with Crippen molar-refractivity contribution in [3.63, 3.8) is 0 Å². The molecule has 1 amide bonds. The van der Waals surface area contributed by atoms with Gasteiger partial charge in [0.25, 0.3) is 0 Å². The number of benzene rings is 3. The first-order chi connectivity index (χ1) is 19.9. The first-order valence-electron chi connectivity index (χ1n) is 12.8. The van der Waals surface area contributed by atoms with Gasteiger partial charge in [0, 0.05) is 33.2 Å². The summed E-state index contributed by atoms with van der Waals surface area (Å²) in [6.45, 7) is 4.30. The molecule has 2 aromatic heterocycles. The molecule has 41 heavy (non-hydrogen) atoms. The molecule has 2 heterocycles. The zero-order valence-corrected chi connectivity index (χ0v) is 23.2. The third kappa shape index (κ3) is 6.85. The van der Waals surface area contributed by atoms with Crippen molar-refractivity contribution in [1.82, 2.24) is 9.99 Å². The Labute approximate surface area is 241 Å². The Balaban J connectivity index is 1.16. The summed E-state index contributed by atoms with van der Waals surface area (Å²) in [4.78, 5) is 12.6. The van der Waals surface area contributed by atoms with E-state index in [0.717, 1.165) is 17.1 Å². The van der Waals surface area contributed by atoms with Crippen molar-refractivity contribution in [2.75, 3.05) is 0 Å². The van der Waals surface area contributed by atoms with Gasteiger partial charge in [-0.25, -0.2) is 9.82 Å². The molecule has 0 aliphatic carbocycles. The number of carbonyl (C=O) groups excluding carboxylic acids is 1. The summed E-state index contributed by atoms with van der Waals surface area (Å²) < 4.78 is 33.3. The zero-order chi connectivity index (χ0) is 28.8. The lowest BCUT2D eigenvalue weighted by atomic mass is 10.2. The second kappa shape index (κ2) is 12.6. The van der Waals surface area contributed by atoms with Gasteiger partial charge in [-0.1, -0.05) is 29.8 Å². The number of furan rings is 1. The molecule has 0 fully saturated rings. The number of rotatable bonds is 10. The molecule has 0 aliphatic heterocycles. The van der Waals surface area contributed by atoms with Crippen LogP contribution in [0.5, 0.6) is 11.5 Å². The Kier molecular flexibility index (Phi) is 8.50. The number of nitrogens with one attached hydrogen (secondary N) is 1. The van der Waals surface area contributed by atoms with E-state index in [1.807, 2.05) is 24.3 Å². The smallest absolute Gasteiger partial charge is 0.307 e. The maximum atomic E-state index is 13.9. The minimum Gasteiger partial charge on any atom is -0.488 e. The monoisotopic (exact) mass is 571 g/mol. The van der Waals surface area contributed by atoms with Crippen molar-refractivity contribution in [3.8, 4) is 17.2 Å². The molecule has 3 aromatic carbocycles. The minimum atomic E-state index is -0.537. The second-order valence-electron chi connectivity index (χ2n) is 9.26. The van der Waals surface area contributed by atoms with E-state index < -0.39 is 5.91 Å². The van der Waals surface area contributed by atoms with Crippen molar-refractivity contribution in [2.24, 2.45) is 5.10 Å². The molecular weight excluding hydrogens is 545 g/mol. The molecule has 0 saturated heterocycles. The number of hydrogen-bond acceptors (Lipinski definition) is 5. The molecule has 0 unspecified atom stereocenters. The maximum absolute atomic E-state index is 13.9. The van der Waals surface area contributed by atoms with E-state index in [1.54, 1.807) is 48.5 Å². The number of aryl methyl sites for hydroxylation is 2. The SMILES string of the molecule is Cc1ccc(C)n1-c1ccc(OCc2ccc(C(=O)N/N=C/c3cc(Cl)ccc3OCc3ccccc3F)o2)cc1. The molecule has 0 radical (unpaired) electrons. The highest BCUT2D eigenvalue weighted by molar-refractivity contribution is 6.30. The van der Waals surface area contributed by atoms with Gasteiger partial charge in [0.05, 0.1) is 6.21 Å². The third-order valence-corrected chi connectivity index (χ3v) is 6.55. The Bertz CT molecular complexity index is 1670. The summed E-state index contributed by atoms with van der Waals surface area (Å²) in [5, 5.41) is 4.46. The molecule has 0 atom stereocenters. The number of amides is 1. The van der Waals surface area contributed by atoms with Gasteiger partial charge in [-0.2, -0.15) is 5.10 Å². The van der Waals surface area contributed by atoms with Gasteiger partial charge in [0.2, 0.25) is 0 Å². The minimum absolute atomic E-state index is 0.0232. The summed E-state index contributed by atoms with van der Waals surface area (Å²) in [6, 6.07) is 26.4. The maximum Gasteiger partial charge on any atom is 0.307 e. The van der Waals surface area contributed by atoms with Crippen LogP contribution in [0, 0.1) is 19.7 Å². The number of ether oxygens (including phenoxy) is 2. The Morgan fingerprint density at radius 2 is 1.71 bits per heavy atom. The fourth-order valence-corrected chi connectivity index (χ4v) is 4.42. The van der Waals surface area contributed by atoms with Crippen LogP contribution in [0.4, 0.5) is 4.39 Å². The van der Waals surface area contributed by atoms with Crippen LogP contribution in [0.15, 0.2) is 101 Å². The molecule has 5 aromatic rings. The molecule has 1 N–H and O–H groups in total. The molecule has 0 bridgehead atoms. The van der Waals surface area contributed by atoms with E-state index in [4.69, 9.17) is 25.5 Å². The number of hydrogen-bond donors (Lipinski definition) is 1. The van der Waals surface area contributed by atoms with E-state index >= 15 is 0 Å². The first kappa shape index (κ1) is 27.7. The van der Waals surface area contributed by atoms with Crippen molar-refractivity contribution in [3.05, 3.63) is 136 Å². The molecule has 0 spiro atoms. The van der Waals surface area contributed by atoms with Gasteiger partial charge in [0.1, 0.15) is 36.3 Å². The fraction of sp³-hybridized carbons (Fsp3) is 0.125. The lowest BCUT2D eigenvalue weighted by Crippen LogP contribution is -2.17. The Hall–Kier alpha value is -4.82. The van der Waals surface area contributed by atoms with E-state index in [1.165, 1.54) is 12.3 Å². The number of nitrogens with zero attached hydrogens (tertiary/aromatic N) is 2. The Morgan fingerprint density at radius 1 is 0.951 bits per heavy atom. The van der Waals surface area contributed by atoms with Gasteiger partial charge in [0.15, 0.2) is 5.76 Å². The highest BCUT2D eigenvalue weighted by atomic mass is 35.5. The quantitative estimate of drug-likeness (QED) is 0.140. The highest BCUT2D eigenvalue weighted by Gasteiger charge is 2.12. The van der Waals surface area contributed by atoms with E-state index in [2.05, 4.69) is 41.1 Å². The molecule has 7 nitrogen and oxygen atoms in total. The molecule has 5 rings (SSSR count). The molecule has 208 valence electrons. The summed E-state index contributed by atoms with van der Waals surface area (Å²) >= 11 is 6.12. The predicted molar refractivity (Wildman–Crippen MR) is 156 cm³/mol. The van der Waals surface area contributed by atoms with Crippen LogP contribution < -0.4 is 14.9 Å². The number of carbonyl (C=O) groups is 1. The first-order valence-corrected chi connectivity index (χ1v) is 13.2. The van der Waals surface area contributed by atoms with Crippen LogP contribution in [0.3, 0.4) is 0 Å². The summed E-state index contributed by atoms with van der Waals surface area (Å²) in [6.07, 6.45) is 1.40. The van der Waals surface area contributed by atoms with Crippen molar-refractivity contribution in [1.29, 1.82) is 0 Å². The number of halogens is 2. The van der Waals surface area contributed by atoms with Crippen LogP contribution >= 0.6 is 11.6 Å². The van der Waals surface area contributed by atoms with E-state index in [0.29, 0.717) is 33.4 Å². The van der Waals surface area contributed by atoms with Crippen molar-refractivity contribution in [2.45, 2.75) is 27.1 Å². The van der Waals surface area contributed by atoms with Crippen LogP contribution in [-0.4, -0.2) is 16.7 Å². The van der Waals surface area contributed by atoms with Gasteiger partial charge >= 0.3 is 5.91 Å². The van der Waals surface area contributed by atoms with Crippen molar-refractivity contribution < 1.29 is 23.1 Å².